The lowest BCUT2D eigenvalue weighted by Crippen LogP contribution is -2.18. The lowest BCUT2D eigenvalue weighted by Gasteiger charge is -2.14. The summed E-state index contributed by atoms with van der Waals surface area (Å²) in [6.07, 6.45) is 0. The Kier molecular flexibility index (Phi) is 4.39. The molecule has 1 heterocycles. The van der Waals surface area contributed by atoms with E-state index in [1.165, 1.54) is 13.2 Å². The van der Waals surface area contributed by atoms with Crippen molar-refractivity contribution in [1.29, 1.82) is 0 Å². The van der Waals surface area contributed by atoms with Crippen molar-refractivity contribution in [2.45, 2.75) is 33.4 Å². The molecule has 1 N–H and O–H groups in total. The van der Waals surface area contributed by atoms with Gasteiger partial charge in [-0.3, -0.25) is 0 Å². The summed E-state index contributed by atoms with van der Waals surface area (Å²) in [5, 5.41) is 3.26. The van der Waals surface area contributed by atoms with E-state index < -0.39 is 0 Å². The Morgan fingerprint density at radius 1 is 1.40 bits per heavy atom. The monoisotopic (exact) mass is 278 g/mol. The molecule has 0 saturated heterocycles. The predicted molar refractivity (Wildman–Crippen MR) is 74.2 cm³/mol. The average molecular weight is 278 g/mol. The number of benzene rings is 1. The molecule has 1 aromatic heterocycles. The van der Waals surface area contributed by atoms with Gasteiger partial charge in [-0.1, -0.05) is 6.07 Å². The van der Waals surface area contributed by atoms with Crippen molar-refractivity contribution in [3.63, 3.8) is 0 Å². The molecule has 0 saturated carbocycles. The van der Waals surface area contributed by atoms with Crippen molar-refractivity contribution in [2.24, 2.45) is 0 Å². The summed E-state index contributed by atoms with van der Waals surface area (Å²) in [6, 6.07) is 4.93. The molecule has 0 aliphatic heterocycles. The second-order valence-electron chi connectivity index (χ2n) is 4.75. The Balaban J connectivity index is 2.01. The second kappa shape index (κ2) is 6.05. The molecular weight excluding hydrogens is 259 g/mol. The highest BCUT2D eigenvalue weighted by Crippen LogP contribution is 2.22. The van der Waals surface area contributed by atoms with Gasteiger partial charge in [-0.25, -0.2) is 9.37 Å². The van der Waals surface area contributed by atoms with E-state index in [9.17, 15) is 4.39 Å². The summed E-state index contributed by atoms with van der Waals surface area (Å²) in [4.78, 5) is 4.30. The number of methoxy groups -OCH3 is 1. The maximum absolute atomic E-state index is 13.6. The van der Waals surface area contributed by atoms with Gasteiger partial charge in [0.15, 0.2) is 11.6 Å². The van der Waals surface area contributed by atoms with Crippen LogP contribution in [-0.2, 0) is 6.54 Å². The number of rotatable bonds is 5. The van der Waals surface area contributed by atoms with Crippen LogP contribution < -0.4 is 10.1 Å². The molecule has 2 aromatic rings. The van der Waals surface area contributed by atoms with Crippen molar-refractivity contribution in [3.05, 3.63) is 46.9 Å². The first-order valence-corrected chi connectivity index (χ1v) is 6.51. The average Bonchev–Trinajstić information content (AvgIpc) is 2.75. The number of hydrogen-bond acceptors (Lipinski definition) is 4. The third kappa shape index (κ3) is 3.17. The van der Waals surface area contributed by atoms with Crippen LogP contribution in [-0.4, -0.2) is 12.1 Å². The van der Waals surface area contributed by atoms with Gasteiger partial charge in [-0.15, -0.1) is 0 Å². The number of nitrogens with one attached hydrogen (secondary N) is 1. The fourth-order valence-corrected chi connectivity index (χ4v) is 1.93. The summed E-state index contributed by atoms with van der Waals surface area (Å²) >= 11 is 0. The van der Waals surface area contributed by atoms with Gasteiger partial charge in [0, 0.05) is 6.04 Å². The lowest BCUT2D eigenvalue weighted by atomic mass is 10.1. The van der Waals surface area contributed by atoms with Crippen LogP contribution in [0.5, 0.6) is 5.75 Å². The molecule has 108 valence electrons. The highest BCUT2D eigenvalue weighted by Gasteiger charge is 2.11. The van der Waals surface area contributed by atoms with Gasteiger partial charge >= 0.3 is 0 Å². The molecule has 1 aromatic carbocycles. The van der Waals surface area contributed by atoms with Crippen LogP contribution in [0.15, 0.2) is 22.6 Å². The van der Waals surface area contributed by atoms with Gasteiger partial charge in [-0.2, -0.15) is 0 Å². The molecule has 20 heavy (non-hydrogen) atoms. The third-order valence-corrected chi connectivity index (χ3v) is 3.31. The highest BCUT2D eigenvalue weighted by atomic mass is 19.1. The standard InChI is InChI=1S/C15H19FN2O2/c1-9-11(3)20-15(18-9)8-17-10(2)12-5-6-14(19-4)13(16)7-12/h5-7,10,17H,8H2,1-4H3. The van der Waals surface area contributed by atoms with Gasteiger partial charge in [0.1, 0.15) is 5.76 Å². The van der Waals surface area contributed by atoms with Crippen molar-refractivity contribution < 1.29 is 13.5 Å². The summed E-state index contributed by atoms with van der Waals surface area (Å²) < 4.78 is 24.0. The van der Waals surface area contributed by atoms with E-state index in [4.69, 9.17) is 9.15 Å². The van der Waals surface area contributed by atoms with Crippen molar-refractivity contribution in [2.75, 3.05) is 7.11 Å². The van der Waals surface area contributed by atoms with E-state index in [-0.39, 0.29) is 17.6 Å². The zero-order chi connectivity index (χ0) is 14.7. The molecule has 0 amide bonds. The van der Waals surface area contributed by atoms with Gasteiger partial charge in [0.2, 0.25) is 5.89 Å². The maximum Gasteiger partial charge on any atom is 0.208 e. The SMILES string of the molecule is COc1ccc(C(C)NCc2nc(C)c(C)o2)cc1F. The first-order valence-electron chi connectivity index (χ1n) is 6.51. The Bertz CT molecular complexity index is 576. The number of nitrogens with zero attached hydrogens (tertiary/aromatic N) is 1. The molecule has 0 fully saturated rings. The third-order valence-electron chi connectivity index (χ3n) is 3.31. The van der Waals surface area contributed by atoms with Crippen LogP contribution >= 0.6 is 0 Å². The number of aryl methyl sites for hydroxylation is 2. The molecule has 4 nitrogen and oxygen atoms in total. The van der Waals surface area contributed by atoms with Crippen molar-refractivity contribution >= 4 is 0 Å². The van der Waals surface area contributed by atoms with Gasteiger partial charge < -0.3 is 14.5 Å². The zero-order valence-electron chi connectivity index (χ0n) is 12.2. The van der Waals surface area contributed by atoms with Crippen LogP contribution in [0.25, 0.3) is 0 Å². The van der Waals surface area contributed by atoms with Crippen molar-refractivity contribution in [1.82, 2.24) is 10.3 Å². The zero-order valence-corrected chi connectivity index (χ0v) is 12.2. The molecule has 2 rings (SSSR count). The highest BCUT2D eigenvalue weighted by molar-refractivity contribution is 5.30. The minimum absolute atomic E-state index is 0.0112. The second-order valence-corrected chi connectivity index (χ2v) is 4.75. The Morgan fingerprint density at radius 2 is 2.15 bits per heavy atom. The number of ether oxygens (including phenoxy) is 1. The Labute approximate surface area is 118 Å². The van der Waals surface area contributed by atoms with Crippen LogP contribution in [0.2, 0.25) is 0 Å². The van der Waals surface area contributed by atoms with Crippen LogP contribution in [0.3, 0.4) is 0 Å². The molecule has 0 aliphatic carbocycles. The number of oxazole rings is 1. The summed E-state index contributed by atoms with van der Waals surface area (Å²) in [5.74, 6) is 1.35. The van der Waals surface area contributed by atoms with E-state index >= 15 is 0 Å². The molecule has 0 bridgehead atoms. The predicted octanol–water partition coefficient (Wildman–Crippen LogP) is 3.29. The molecular formula is C15H19FN2O2. The van der Waals surface area contributed by atoms with Crippen LogP contribution in [0.1, 0.15) is 35.9 Å². The van der Waals surface area contributed by atoms with E-state index in [0.717, 1.165) is 17.0 Å². The van der Waals surface area contributed by atoms with Crippen LogP contribution in [0, 0.1) is 19.7 Å². The van der Waals surface area contributed by atoms with E-state index in [2.05, 4.69) is 10.3 Å². The largest absolute Gasteiger partial charge is 0.494 e. The Morgan fingerprint density at radius 3 is 2.70 bits per heavy atom. The van der Waals surface area contributed by atoms with E-state index in [1.807, 2.05) is 26.8 Å². The maximum atomic E-state index is 13.6. The first kappa shape index (κ1) is 14.5. The van der Waals surface area contributed by atoms with Crippen LogP contribution in [0.4, 0.5) is 4.39 Å². The summed E-state index contributed by atoms with van der Waals surface area (Å²) in [6.45, 7) is 6.26. The van der Waals surface area contributed by atoms with E-state index in [1.54, 1.807) is 6.07 Å². The normalized spacial score (nSPS) is 12.4. The minimum Gasteiger partial charge on any atom is -0.494 e. The summed E-state index contributed by atoms with van der Waals surface area (Å²) in [5.41, 5.74) is 1.74. The molecule has 0 aliphatic rings. The number of hydrogen-bond donors (Lipinski definition) is 1. The van der Waals surface area contributed by atoms with Gasteiger partial charge in [0.25, 0.3) is 0 Å². The number of halogens is 1. The fourth-order valence-electron chi connectivity index (χ4n) is 1.93. The quantitative estimate of drug-likeness (QED) is 0.911. The molecule has 5 heteroatoms. The first-order chi connectivity index (χ1) is 9.51. The van der Waals surface area contributed by atoms with Gasteiger partial charge in [0.05, 0.1) is 19.3 Å². The Hall–Kier alpha value is -1.88. The number of aromatic nitrogens is 1. The minimum atomic E-state index is -0.360. The van der Waals surface area contributed by atoms with E-state index in [0.29, 0.717) is 12.4 Å². The topological polar surface area (TPSA) is 47.3 Å². The molecule has 0 spiro atoms. The van der Waals surface area contributed by atoms with Gasteiger partial charge in [-0.05, 0) is 38.5 Å². The molecule has 0 radical (unpaired) electrons. The fraction of sp³-hybridized carbons (Fsp3) is 0.400. The smallest absolute Gasteiger partial charge is 0.208 e. The lowest BCUT2D eigenvalue weighted by molar-refractivity contribution is 0.385. The molecule has 1 atom stereocenters. The molecule has 1 unspecified atom stereocenters. The van der Waals surface area contributed by atoms with Crippen molar-refractivity contribution in [3.8, 4) is 5.75 Å². The summed E-state index contributed by atoms with van der Waals surface area (Å²) in [7, 11) is 1.45.